The van der Waals surface area contributed by atoms with Crippen LogP contribution in [-0.4, -0.2) is 53.6 Å². The summed E-state index contributed by atoms with van der Waals surface area (Å²) >= 11 is 0. The summed E-state index contributed by atoms with van der Waals surface area (Å²) in [4.78, 5) is 30.4. The number of rotatable bonds is 4. The summed E-state index contributed by atoms with van der Waals surface area (Å²) in [5.74, 6) is 0.396. The summed E-state index contributed by atoms with van der Waals surface area (Å²) in [7, 11) is 1.54. The maximum absolute atomic E-state index is 13.3. The van der Waals surface area contributed by atoms with Crippen LogP contribution in [0.25, 0.3) is 10.8 Å². The molecule has 0 saturated carbocycles. The van der Waals surface area contributed by atoms with E-state index in [1.807, 2.05) is 4.90 Å². The van der Waals surface area contributed by atoms with Crippen molar-refractivity contribution in [2.75, 3.05) is 33.3 Å². The summed E-state index contributed by atoms with van der Waals surface area (Å²) in [5.41, 5.74) is 2.55. The van der Waals surface area contributed by atoms with Gasteiger partial charge in [-0.05, 0) is 35.2 Å². The number of pyridine rings is 1. The molecular formula is C26H29N3O3. The Labute approximate surface area is 188 Å². The van der Waals surface area contributed by atoms with E-state index >= 15 is 0 Å². The lowest BCUT2D eigenvalue weighted by atomic mass is 10.1. The molecule has 3 heterocycles. The number of benzene rings is 2. The second kappa shape index (κ2) is 8.79. The van der Waals surface area contributed by atoms with Gasteiger partial charge in [0.1, 0.15) is 11.3 Å². The van der Waals surface area contributed by atoms with Gasteiger partial charge in [0.15, 0.2) is 0 Å². The molecule has 1 aromatic heterocycles. The molecule has 166 valence electrons. The van der Waals surface area contributed by atoms with Crippen molar-refractivity contribution < 1.29 is 9.53 Å². The van der Waals surface area contributed by atoms with Gasteiger partial charge in [0.25, 0.3) is 11.5 Å². The maximum atomic E-state index is 13.3. The number of aromatic nitrogens is 1. The molecule has 32 heavy (non-hydrogen) atoms. The highest BCUT2D eigenvalue weighted by atomic mass is 16.5. The smallest absolute Gasteiger partial charge is 0.259 e. The first-order chi connectivity index (χ1) is 15.6. The van der Waals surface area contributed by atoms with Crippen LogP contribution in [-0.2, 0) is 19.5 Å². The predicted molar refractivity (Wildman–Crippen MR) is 125 cm³/mol. The number of hydrogen-bond acceptors (Lipinski definition) is 4. The monoisotopic (exact) mass is 431 g/mol. The van der Waals surface area contributed by atoms with Gasteiger partial charge < -0.3 is 14.2 Å². The van der Waals surface area contributed by atoms with Crippen LogP contribution in [0.5, 0.6) is 5.75 Å². The average molecular weight is 432 g/mol. The van der Waals surface area contributed by atoms with E-state index in [1.165, 1.54) is 29.5 Å². The third-order valence-corrected chi connectivity index (χ3v) is 6.73. The molecule has 2 aliphatic rings. The Morgan fingerprint density at radius 2 is 1.72 bits per heavy atom. The first kappa shape index (κ1) is 20.8. The molecule has 0 unspecified atom stereocenters. The van der Waals surface area contributed by atoms with Gasteiger partial charge in [0.2, 0.25) is 0 Å². The molecule has 0 radical (unpaired) electrons. The minimum absolute atomic E-state index is 0.00826. The Kier molecular flexibility index (Phi) is 5.70. The van der Waals surface area contributed by atoms with Crippen LogP contribution in [0.1, 0.15) is 34.5 Å². The molecule has 2 aromatic carbocycles. The molecule has 6 nitrogen and oxygen atoms in total. The maximum Gasteiger partial charge on any atom is 0.259 e. The third-order valence-electron chi connectivity index (χ3n) is 6.73. The quantitative estimate of drug-likeness (QED) is 0.636. The largest absolute Gasteiger partial charge is 0.496 e. The van der Waals surface area contributed by atoms with Gasteiger partial charge in [-0.25, -0.2) is 0 Å². The number of amides is 1. The Bertz CT molecular complexity index is 1210. The first-order valence-corrected chi connectivity index (χ1v) is 11.4. The standard InChI is InChI=1S/C26H29N3O3/c1-32-23-17-24(30)29-15-14-27(18-19-8-9-20-6-2-3-7-21(20)16-19)13-10-22(29)25(23)26(31)28-11-4-5-12-28/h2-3,6-9,16-17H,4-5,10-15,18H2,1H3. The van der Waals surface area contributed by atoms with E-state index in [9.17, 15) is 9.59 Å². The number of fused-ring (bicyclic) bond motifs is 2. The lowest BCUT2D eigenvalue weighted by molar-refractivity contribution is 0.0787. The fourth-order valence-corrected chi connectivity index (χ4v) is 5.02. The summed E-state index contributed by atoms with van der Waals surface area (Å²) in [5, 5.41) is 2.48. The lowest BCUT2D eigenvalue weighted by Gasteiger charge is -2.21. The van der Waals surface area contributed by atoms with Crippen LogP contribution in [0.4, 0.5) is 0 Å². The summed E-state index contributed by atoms with van der Waals surface area (Å²) < 4.78 is 7.29. The van der Waals surface area contributed by atoms with Crippen molar-refractivity contribution in [2.24, 2.45) is 0 Å². The summed E-state index contributed by atoms with van der Waals surface area (Å²) in [6.45, 7) is 4.50. The Balaban J connectivity index is 1.42. The fraction of sp³-hybridized carbons (Fsp3) is 0.385. The fourth-order valence-electron chi connectivity index (χ4n) is 5.02. The van der Waals surface area contributed by atoms with Gasteiger partial charge >= 0.3 is 0 Å². The van der Waals surface area contributed by atoms with Crippen molar-refractivity contribution in [3.8, 4) is 5.75 Å². The summed E-state index contributed by atoms with van der Waals surface area (Å²) in [6.07, 6.45) is 2.71. The van der Waals surface area contributed by atoms with Gasteiger partial charge in [0, 0.05) is 57.4 Å². The Morgan fingerprint density at radius 1 is 0.938 bits per heavy atom. The number of ether oxygens (including phenoxy) is 1. The molecule has 1 fully saturated rings. The van der Waals surface area contributed by atoms with Crippen molar-refractivity contribution in [3.63, 3.8) is 0 Å². The average Bonchev–Trinajstić information content (AvgIpc) is 3.27. The highest BCUT2D eigenvalue weighted by molar-refractivity contribution is 5.98. The molecule has 0 bridgehead atoms. The zero-order chi connectivity index (χ0) is 22.1. The molecule has 1 saturated heterocycles. The van der Waals surface area contributed by atoms with E-state index in [0.717, 1.165) is 51.3 Å². The molecule has 6 heteroatoms. The van der Waals surface area contributed by atoms with E-state index < -0.39 is 0 Å². The van der Waals surface area contributed by atoms with Gasteiger partial charge in [-0.15, -0.1) is 0 Å². The zero-order valence-corrected chi connectivity index (χ0v) is 18.5. The van der Waals surface area contributed by atoms with Crippen molar-refractivity contribution in [1.82, 2.24) is 14.4 Å². The van der Waals surface area contributed by atoms with E-state index in [-0.39, 0.29) is 11.5 Å². The highest BCUT2D eigenvalue weighted by Crippen LogP contribution is 2.26. The van der Waals surface area contributed by atoms with Crippen molar-refractivity contribution >= 4 is 16.7 Å². The van der Waals surface area contributed by atoms with Gasteiger partial charge in [-0.2, -0.15) is 0 Å². The minimum Gasteiger partial charge on any atom is -0.496 e. The van der Waals surface area contributed by atoms with Crippen LogP contribution in [0.15, 0.2) is 53.3 Å². The van der Waals surface area contributed by atoms with E-state index in [1.54, 1.807) is 4.57 Å². The topological polar surface area (TPSA) is 54.8 Å². The third kappa shape index (κ3) is 3.91. The minimum atomic E-state index is -0.0950. The number of carbonyl (C=O) groups excluding carboxylic acids is 1. The van der Waals surface area contributed by atoms with Gasteiger partial charge in [0.05, 0.1) is 7.11 Å². The van der Waals surface area contributed by atoms with Gasteiger partial charge in [-0.1, -0.05) is 36.4 Å². The summed E-state index contributed by atoms with van der Waals surface area (Å²) in [6, 6.07) is 16.4. The first-order valence-electron chi connectivity index (χ1n) is 11.4. The van der Waals surface area contributed by atoms with Crippen LogP contribution < -0.4 is 10.3 Å². The second-order valence-electron chi connectivity index (χ2n) is 8.73. The van der Waals surface area contributed by atoms with E-state index in [2.05, 4.69) is 47.4 Å². The van der Waals surface area contributed by atoms with Crippen LogP contribution in [0.3, 0.4) is 0 Å². The molecule has 2 aliphatic heterocycles. The number of hydrogen-bond donors (Lipinski definition) is 0. The van der Waals surface area contributed by atoms with E-state index in [0.29, 0.717) is 24.3 Å². The zero-order valence-electron chi connectivity index (χ0n) is 18.5. The predicted octanol–water partition coefficient (Wildman–Crippen LogP) is 3.30. The highest BCUT2D eigenvalue weighted by Gasteiger charge is 2.29. The number of nitrogens with zero attached hydrogens (tertiary/aromatic N) is 3. The van der Waals surface area contributed by atoms with Crippen molar-refractivity contribution in [3.05, 3.63) is 75.7 Å². The number of methoxy groups -OCH3 is 1. The van der Waals surface area contributed by atoms with Crippen molar-refractivity contribution in [2.45, 2.75) is 32.4 Å². The van der Waals surface area contributed by atoms with Crippen LogP contribution in [0, 0.1) is 0 Å². The Morgan fingerprint density at radius 3 is 2.50 bits per heavy atom. The molecule has 0 N–H and O–H groups in total. The number of likely N-dealkylation sites (tertiary alicyclic amines) is 1. The molecule has 0 spiro atoms. The van der Waals surface area contributed by atoms with Crippen LogP contribution in [0.2, 0.25) is 0 Å². The van der Waals surface area contributed by atoms with Crippen molar-refractivity contribution in [1.29, 1.82) is 0 Å². The molecular weight excluding hydrogens is 402 g/mol. The number of carbonyl (C=O) groups is 1. The van der Waals surface area contributed by atoms with E-state index in [4.69, 9.17) is 4.74 Å². The van der Waals surface area contributed by atoms with Gasteiger partial charge in [-0.3, -0.25) is 14.5 Å². The molecule has 1 amide bonds. The Hall–Kier alpha value is -3.12. The lowest BCUT2D eigenvalue weighted by Crippen LogP contribution is -2.33. The van der Waals surface area contributed by atoms with Crippen LogP contribution >= 0.6 is 0 Å². The molecule has 0 aliphatic carbocycles. The molecule has 0 atom stereocenters. The second-order valence-corrected chi connectivity index (χ2v) is 8.73. The molecule has 3 aromatic rings. The SMILES string of the molecule is COc1cc(=O)n2c(c1C(=O)N1CCCC1)CCN(Cc1ccc3ccccc3c1)CC2. The molecule has 5 rings (SSSR count). The normalized spacial score (nSPS) is 16.7.